The molecule has 1 N–H and O–H groups in total. The van der Waals surface area contributed by atoms with Gasteiger partial charge in [-0.2, -0.15) is 8.78 Å². The van der Waals surface area contributed by atoms with E-state index < -0.39 is 6.11 Å². The number of nitrogens with one attached hydrogen (secondary N) is 1. The predicted octanol–water partition coefficient (Wildman–Crippen LogP) is 5.48. The third-order valence-electron chi connectivity index (χ3n) is 5.24. The molecule has 2 aromatic carbocycles. The minimum atomic E-state index is -3.23. The van der Waals surface area contributed by atoms with Crippen molar-refractivity contribution in [2.75, 3.05) is 7.05 Å². The number of hydrogen-bond acceptors (Lipinski definition) is 5. The Morgan fingerprint density at radius 2 is 2.12 bits per heavy atom. The average Bonchev–Trinajstić information content (AvgIpc) is 2.97. The standard InChI is InChI=1S/C24H23F2N3O2S/c1-24(25,26)31-20-6-4-3-5-17(20)13-19-10-9-16-8-7-15(11-18(16)14-28-19)12-21-22(27-2)29-23(30)32-21/h3-8,11-12,14,19H,9-10,13H2,1-2H3,(H,27,29,30)/b21-12-. The first-order valence-electron chi connectivity index (χ1n) is 10.3. The summed E-state index contributed by atoms with van der Waals surface area (Å²) in [7, 11) is 1.64. The Morgan fingerprint density at radius 1 is 1.31 bits per heavy atom. The molecule has 0 aromatic heterocycles. The number of amidine groups is 1. The largest absolute Gasteiger partial charge is 0.432 e. The Kier molecular flexibility index (Phi) is 6.41. The molecule has 0 bridgehead atoms. The highest BCUT2D eigenvalue weighted by Gasteiger charge is 2.25. The van der Waals surface area contributed by atoms with Gasteiger partial charge in [0.05, 0.1) is 10.9 Å². The number of alkyl halides is 2. The number of amides is 1. The minimum absolute atomic E-state index is 0.0366. The van der Waals surface area contributed by atoms with E-state index >= 15 is 0 Å². The first-order valence-corrected chi connectivity index (χ1v) is 11.1. The summed E-state index contributed by atoms with van der Waals surface area (Å²) in [5, 5.41) is 2.58. The molecular formula is C24H23F2N3O2S. The maximum absolute atomic E-state index is 13.4. The summed E-state index contributed by atoms with van der Waals surface area (Å²) < 4.78 is 31.6. The summed E-state index contributed by atoms with van der Waals surface area (Å²) in [4.78, 5) is 21.3. The Balaban J connectivity index is 1.52. The first-order chi connectivity index (χ1) is 15.3. The van der Waals surface area contributed by atoms with Crippen LogP contribution >= 0.6 is 11.8 Å². The molecule has 0 saturated carbocycles. The number of hydrogen-bond donors (Lipinski definition) is 1. The topological polar surface area (TPSA) is 63.0 Å². The van der Waals surface area contributed by atoms with Gasteiger partial charge in [-0.15, -0.1) is 0 Å². The van der Waals surface area contributed by atoms with Gasteiger partial charge in [-0.3, -0.25) is 14.8 Å². The third kappa shape index (κ3) is 5.43. The quantitative estimate of drug-likeness (QED) is 0.649. The van der Waals surface area contributed by atoms with E-state index in [0.29, 0.717) is 12.3 Å². The second-order valence-electron chi connectivity index (χ2n) is 7.75. The second kappa shape index (κ2) is 9.24. The highest BCUT2D eigenvalue weighted by Crippen LogP contribution is 2.29. The molecule has 1 saturated heterocycles. The van der Waals surface area contributed by atoms with Crippen molar-refractivity contribution in [3.8, 4) is 5.75 Å². The van der Waals surface area contributed by atoms with Gasteiger partial charge in [-0.1, -0.05) is 30.3 Å². The Bertz CT molecular complexity index is 1120. The van der Waals surface area contributed by atoms with Crippen LogP contribution in [0, 0.1) is 0 Å². The number of aliphatic imine (C=N–C) groups is 2. The van der Waals surface area contributed by atoms with E-state index in [1.165, 1.54) is 5.56 Å². The molecule has 0 aliphatic carbocycles. The number of halogens is 2. The lowest BCUT2D eigenvalue weighted by atomic mass is 9.97. The molecular weight excluding hydrogens is 432 g/mol. The van der Waals surface area contributed by atoms with Crippen LogP contribution in [0.3, 0.4) is 0 Å². The summed E-state index contributed by atoms with van der Waals surface area (Å²) in [6.45, 7) is 0.739. The van der Waals surface area contributed by atoms with Crippen molar-refractivity contribution in [3.63, 3.8) is 0 Å². The number of benzene rings is 2. The fraction of sp³-hybridized carbons (Fsp3) is 0.292. The van der Waals surface area contributed by atoms with Gasteiger partial charge >= 0.3 is 6.11 Å². The van der Waals surface area contributed by atoms with E-state index in [1.54, 1.807) is 25.2 Å². The lowest BCUT2D eigenvalue weighted by Crippen LogP contribution is -2.20. The zero-order valence-electron chi connectivity index (χ0n) is 17.8. The number of ether oxygens (including phenoxy) is 1. The van der Waals surface area contributed by atoms with Crippen LogP contribution in [-0.4, -0.2) is 36.5 Å². The molecule has 166 valence electrons. The summed E-state index contributed by atoms with van der Waals surface area (Å²) in [6.07, 6.45) is 2.72. The van der Waals surface area contributed by atoms with Crippen molar-refractivity contribution < 1.29 is 18.3 Å². The van der Waals surface area contributed by atoms with Gasteiger partial charge < -0.3 is 10.1 Å². The van der Waals surface area contributed by atoms with Crippen LogP contribution in [0.5, 0.6) is 5.75 Å². The van der Waals surface area contributed by atoms with Crippen LogP contribution in [-0.2, 0) is 12.8 Å². The number of aryl methyl sites for hydroxylation is 1. The molecule has 4 rings (SSSR count). The molecule has 2 heterocycles. The SMILES string of the molecule is CN=C1NC(=O)S/C1=C\c1ccc2c(c1)C=NC(Cc1ccccc1OC(C)(F)F)CC2. The molecule has 0 radical (unpaired) electrons. The zero-order chi connectivity index (χ0) is 22.7. The lowest BCUT2D eigenvalue weighted by molar-refractivity contribution is -0.159. The Hall–Kier alpha value is -3.00. The molecule has 1 unspecified atom stereocenters. The van der Waals surface area contributed by atoms with Crippen molar-refractivity contribution >= 4 is 35.1 Å². The Labute approximate surface area is 189 Å². The number of rotatable bonds is 5. The van der Waals surface area contributed by atoms with Gasteiger partial charge in [0.25, 0.3) is 5.24 Å². The normalized spacial score (nSPS) is 20.9. The zero-order valence-corrected chi connectivity index (χ0v) is 18.6. The van der Waals surface area contributed by atoms with Crippen LogP contribution in [0.1, 0.15) is 35.6 Å². The van der Waals surface area contributed by atoms with Crippen LogP contribution in [0.4, 0.5) is 13.6 Å². The van der Waals surface area contributed by atoms with E-state index in [9.17, 15) is 13.6 Å². The number of para-hydroxylation sites is 1. The summed E-state index contributed by atoms with van der Waals surface area (Å²) >= 11 is 1.12. The lowest BCUT2D eigenvalue weighted by Gasteiger charge is -2.18. The Morgan fingerprint density at radius 3 is 2.91 bits per heavy atom. The monoisotopic (exact) mass is 455 g/mol. The van der Waals surface area contributed by atoms with Gasteiger partial charge in [0, 0.05) is 20.2 Å². The third-order valence-corrected chi connectivity index (χ3v) is 6.06. The van der Waals surface area contributed by atoms with Gasteiger partial charge in [0.2, 0.25) is 0 Å². The summed E-state index contributed by atoms with van der Waals surface area (Å²) in [5.41, 5.74) is 3.87. The number of thioether (sulfide) groups is 1. The molecule has 0 spiro atoms. The van der Waals surface area contributed by atoms with E-state index in [1.807, 2.05) is 30.5 Å². The fourth-order valence-corrected chi connectivity index (χ4v) is 4.54. The van der Waals surface area contributed by atoms with Crippen molar-refractivity contribution in [2.45, 2.75) is 38.3 Å². The molecule has 2 aliphatic heterocycles. The highest BCUT2D eigenvalue weighted by molar-refractivity contribution is 8.18. The molecule has 32 heavy (non-hydrogen) atoms. The molecule has 2 aliphatic rings. The van der Waals surface area contributed by atoms with Crippen molar-refractivity contribution in [3.05, 3.63) is 69.6 Å². The maximum Gasteiger partial charge on any atom is 0.394 e. The molecule has 2 aromatic rings. The van der Waals surface area contributed by atoms with Crippen molar-refractivity contribution in [2.24, 2.45) is 9.98 Å². The summed E-state index contributed by atoms with van der Waals surface area (Å²) in [6, 6.07) is 13.0. The molecule has 1 amide bonds. The second-order valence-corrected chi connectivity index (χ2v) is 8.76. The fourth-order valence-electron chi connectivity index (χ4n) is 3.75. The first kappa shape index (κ1) is 22.2. The number of carbonyl (C=O) groups is 1. The van der Waals surface area contributed by atoms with Crippen LogP contribution < -0.4 is 10.1 Å². The molecule has 8 heteroatoms. The minimum Gasteiger partial charge on any atom is -0.432 e. The van der Waals surface area contributed by atoms with Gasteiger partial charge in [0.1, 0.15) is 11.6 Å². The number of fused-ring (bicyclic) bond motifs is 1. The highest BCUT2D eigenvalue weighted by atomic mass is 32.2. The van der Waals surface area contributed by atoms with Gasteiger partial charge in [-0.05, 0) is 71.5 Å². The van der Waals surface area contributed by atoms with Crippen molar-refractivity contribution in [1.29, 1.82) is 0 Å². The smallest absolute Gasteiger partial charge is 0.394 e. The predicted molar refractivity (Wildman–Crippen MR) is 125 cm³/mol. The molecule has 1 fully saturated rings. The number of nitrogens with zero attached hydrogens (tertiary/aromatic N) is 2. The van der Waals surface area contributed by atoms with Crippen LogP contribution in [0.25, 0.3) is 6.08 Å². The summed E-state index contributed by atoms with van der Waals surface area (Å²) in [5.74, 6) is 0.763. The average molecular weight is 456 g/mol. The molecule has 1 atom stereocenters. The maximum atomic E-state index is 13.4. The van der Waals surface area contributed by atoms with E-state index in [4.69, 9.17) is 9.73 Å². The van der Waals surface area contributed by atoms with Crippen LogP contribution in [0.2, 0.25) is 0 Å². The van der Waals surface area contributed by atoms with E-state index in [-0.39, 0.29) is 17.0 Å². The molecule has 5 nitrogen and oxygen atoms in total. The van der Waals surface area contributed by atoms with E-state index in [2.05, 4.69) is 16.4 Å². The van der Waals surface area contributed by atoms with Crippen molar-refractivity contribution in [1.82, 2.24) is 5.32 Å². The number of carbonyl (C=O) groups excluding carboxylic acids is 1. The van der Waals surface area contributed by atoms with Gasteiger partial charge in [0.15, 0.2) is 0 Å². The van der Waals surface area contributed by atoms with Gasteiger partial charge in [-0.25, -0.2) is 0 Å². The van der Waals surface area contributed by atoms with E-state index in [0.717, 1.165) is 53.1 Å². The van der Waals surface area contributed by atoms with Crippen LogP contribution in [0.15, 0.2) is 57.4 Å².